The van der Waals surface area contributed by atoms with Crippen LogP contribution in [0.3, 0.4) is 0 Å². The number of hydrogen-bond donors (Lipinski definition) is 1. The fourth-order valence-electron chi connectivity index (χ4n) is 1.21. The molecule has 0 saturated carbocycles. The molecule has 0 fully saturated rings. The summed E-state index contributed by atoms with van der Waals surface area (Å²) >= 11 is 0. The van der Waals surface area contributed by atoms with Crippen molar-refractivity contribution in [2.75, 3.05) is 0 Å². The van der Waals surface area contributed by atoms with Gasteiger partial charge in [0.05, 0.1) is 11.1 Å². The van der Waals surface area contributed by atoms with Gasteiger partial charge in [0.2, 0.25) is 0 Å². The van der Waals surface area contributed by atoms with Crippen molar-refractivity contribution in [3.63, 3.8) is 0 Å². The van der Waals surface area contributed by atoms with Crippen LogP contribution in [-0.2, 0) is 6.18 Å². The number of nitrogens with one attached hydrogen (secondary N) is 1. The second-order valence-electron chi connectivity index (χ2n) is 3.11. The molecule has 0 spiro atoms. The molecule has 1 N–H and O–H groups in total. The molecule has 0 saturated heterocycles. The summed E-state index contributed by atoms with van der Waals surface area (Å²) < 4.78 is 54.8. The summed E-state index contributed by atoms with van der Waals surface area (Å²) in [6.45, 7) is 0. The maximum Gasteiger partial charge on any atom is 0.434 e. The van der Waals surface area contributed by atoms with E-state index in [0.717, 1.165) is 0 Å². The number of H-pyrrole nitrogens is 1. The minimum absolute atomic E-state index is 0.522. The first-order valence-corrected chi connectivity index (χ1v) is 4.30. The Morgan fingerprint density at radius 3 is 2.53 bits per heavy atom. The van der Waals surface area contributed by atoms with Gasteiger partial charge in [-0.25, -0.2) is 14.3 Å². The smallest absolute Gasteiger partial charge is 0.388 e. The molecule has 4 nitrogen and oxygen atoms in total. The molecule has 0 atom stereocenters. The normalized spacial score (nSPS) is 11.8. The van der Waals surface area contributed by atoms with Crippen molar-refractivity contribution >= 4 is 0 Å². The van der Waals surface area contributed by atoms with Crippen LogP contribution in [0.25, 0.3) is 11.5 Å². The first-order chi connectivity index (χ1) is 7.88. The Hall–Kier alpha value is -2.12. The van der Waals surface area contributed by atoms with Gasteiger partial charge in [-0.1, -0.05) is 0 Å². The van der Waals surface area contributed by atoms with Gasteiger partial charge in [0.1, 0.15) is 5.82 Å². The van der Waals surface area contributed by atoms with E-state index in [0.29, 0.717) is 18.2 Å². The highest BCUT2D eigenvalue weighted by molar-refractivity contribution is 5.55. The van der Waals surface area contributed by atoms with Crippen LogP contribution in [0.5, 0.6) is 0 Å². The predicted molar refractivity (Wildman–Crippen MR) is 47.5 cm³/mol. The van der Waals surface area contributed by atoms with Gasteiger partial charge < -0.3 is 4.42 Å². The third kappa shape index (κ3) is 2.19. The molecule has 0 unspecified atom stereocenters. The average molecular weight is 248 g/mol. The second-order valence-corrected chi connectivity index (χ2v) is 3.11. The third-order valence-electron chi connectivity index (χ3n) is 1.96. The quantitative estimate of drug-likeness (QED) is 0.787. The minimum Gasteiger partial charge on any atom is -0.388 e. The zero-order chi connectivity index (χ0) is 12.6. The topological polar surface area (TPSA) is 58.9 Å². The number of alkyl halides is 3. The molecule has 90 valence electrons. The molecular weight excluding hydrogens is 244 g/mol. The van der Waals surface area contributed by atoms with Gasteiger partial charge in [0, 0.05) is 0 Å². The number of benzene rings is 1. The largest absolute Gasteiger partial charge is 0.434 e. The number of hydrogen-bond acceptors (Lipinski definition) is 3. The zero-order valence-corrected chi connectivity index (χ0v) is 8.01. The molecule has 1 heterocycles. The SMILES string of the molecule is O=c1[nH]nc(-c2cc(C(F)(F)F)ccc2F)o1. The first kappa shape index (κ1) is 11.4. The summed E-state index contributed by atoms with van der Waals surface area (Å²) in [6.07, 6.45) is -4.61. The minimum atomic E-state index is -4.61. The molecule has 2 aromatic rings. The lowest BCUT2D eigenvalue weighted by Crippen LogP contribution is -2.05. The predicted octanol–water partition coefficient (Wildman–Crippen LogP) is 2.19. The van der Waals surface area contributed by atoms with Crippen molar-refractivity contribution in [3.05, 3.63) is 40.1 Å². The van der Waals surface area contributed by atoms with Crippen molar-refractivity contribution in [2.24, 2.45) is 0 Å². The Balaban J connectivity index is 2.58. The summed E-state index contributed by atoms with van der Waals surface area (Å²) in [7, 11) is 0. The van der Waals surface area contributed by atoms with E-state index < -0.39 is 34.8 Å². The number of halogens is 4. The highest BCUT2D eigenvalue weighted by atomic mass is 19.4. The Morgan fingerprint density at radius 1 is 1.29 bits per heavy atom. The van der Waals surface area contributed by atoms with Crippen LogP contribution in [0.15, 0.2) is 27.4 Å². The van der Waals surface area contributed by atoms with E-state index in [9.17, 15) is 22.4 Å². The van der Waals surface area contributed by atoms with Crippen LogP contribution in [0.1, 0.15) is 5.56 Å². The van der Waals surface area contributed by atoms with Crippen LogP contribution >= 0.6 is 0 Å². The lowest BCUT2D eigenvalue weighted by atomic mass is 10.1. The van der Waals surface area contributed by atoms with Gasteiger partial charge in [-0.3, -0.25) is 0 Å². The molecule has 0 radical (unpaired) electrons. The Kier molecular flexibility index (Phi) is 2.49. The highest BCUT2D eigenvalue weighted by Crippen LogP contribution is 2.32. The summed E-state index contributed by atoms with van der Waals surface area (Å²) in [4.78, 5) is 10.6. The van der Waals surface area contributed by atoms with Crippen LogP contribution in [0.2, 0.25) is 0 Å². The summed E-state index contributed by atoms with van der Waals surface area (Å²) in [6, 6.07) is 1.74. The van der Waals surface area contributed by atoms with Gasteiger partial charge in [0.25, 0.3) is 5.89 Å². The third-order valence-corrected chi connectivity index (χ3v) is 1.96. The fraction of sp³-hybridized carbons (Fsp3) is 0.111. The van der Waals surface area contributed by atoms with Crippen molar-refractivity contribution < 1.29 is 22.0 Å². The number of aromatic amines is 1. The molecule has 2 rings (SSSR count). The average Bonchev–Trinajstić information content (AvgIpc) is 2.63. The van der Waals surface area contributed by atoms with Gasteiger partial charge >= 0.3 is 11.9 Å². The van der Waals surface area contributed by atoms with Gasteiger partial charge in [-0.05, 0) is 18.2 Å². The molecule has 0 amide bonds. The van der Waals surface area contributed by atoms with E-state index in [1.165, 1.54) is 0 Å². The van der Waals surface area contributed by atoms with Crippen LogP contribution in [-0.4, -0.2) is 10.2 Å². The summed E-state index contributed by atoms with van der Waals surface area (Å²) in [5, 5.41) is 5.09. The second kappa shape index (κ2) is 3.72. The van der Waals surface area contributed by atoms with E-state index in [4.69, 9.17) is 0 Å². The maximum atomic E-state index is 13.3. The van der Waals surface area contributed by atoms with Crippen LogP contribution in [0, 0.1) is 5.82 Å². The van der Waals surface area contributed by atoms with Crippen molar-refractivity contribution in [3.8, 4) is 11.5 Å². The first-order valence-electron chi connectivity index (χ1n) is 4.30. The number of rotatable bonds is 1. The fourth-order valence-corrected chi connectivity index (χ4v) is 1.21. The molecule has 17 heavy (non-hydrogen) atoms. The monoisotopic (exact) mass is 248 g/mol. The van der Waals surface area contributed by atoms with E-state index >= 15 is 0 Å². The van der Waals surface area contributed by atoms with Crippen LogP contribution in [0.4, 0.5) is 17.6 Å². The zero-order valence-electron chi connectivity index (χ0n) is 8.01. The van der Waals surface area contributed by atoms with Gasteiger partial charge in [-0.2, -0.15) is 13.2 Å². The maximum absolute atomic E-state index is 13.3. The lowest BCUT2D eigenvalue weighted by molar-refractivity contribution is -0.137. The standard InChI is InChI=1S/C9H4F4N2O2/c10-6-2-1-4(9(11,12)13)3-5(6)7-14-15-8(16)17-7/h1-3H,(H,15,16). The van der Waals surface area contributed by atoms with E-state index in [1.807, 2.05) is 5.10 Å². The summed E-state index contributed by atoms with van der Waals surface area (Å²) in [5.41, 5.74) is -1.59. The number of aromatic nitrogens is 2. The number of nitrogens with zero attached hydrogens (tertiary/aromatic N) is 1. The van der Waals surface area contributed by atoms with Crippen molar-refractivity contribution in [2.45, 2.75) is 6.18 Å². The lowest BCUT2D eigenvalue weighted by Gasteiger charge is -2.07. The summed E-state index contributed by atoms with van der Waals surface area (Å²) in [5.74, 6) is -2.47. The molecule has 0 aliphatic heterocycles. The Labute approximate surface area is 90.9 Å². The molecule has 1 aromatic carbocycles. The van der Waals surface area contributed by atoms with Gasteiger partial charge in [-0.15, -0.1) is 5.10 Å². The molecule has 0 aliphatic rings. The van der Waals surface area contributed by atoms with Crippen molar-refractivity contribution in [1.82, 2.24) is 10.2 Å². The molecule has 8 heteroatoms. The van der Waals surface area contributed by atoms with E-state index in [2.05, 4.69) is 9.52 Å². The molecule has 1 aromatic heterocycles. The molecular formula is C9H4F4N2O2. The van der Waals surface area contributed by atoms with E-state index in [-0.39, 0.29) is 0 Å². The van der Waals surface area contributed by atoms with Crippen molar-refractivity contribution in [1.29, 1.82) is 0 Å². The van der Waals surface area contributed by atoms with Gasteiger partial charge in [0.15, 0.2) is 0 Å². The van der Waals surface area contributed by atoms with Crippen LogP contribution < -0.4 is 5.76 Å². The highest BCUT2D eigenvalue weighted by Gasteiger charge is 2.31. The molecule has 0 aliphatic carbocycles. The Bertz CT molecular complexity index is 600. The molecule has 0 bridgehead atoms. The van der Waals surface area contributed by atoms with E-state index in [1.54, 1.807) is 0 Å². The Morgan fingerprint density at radius 2 is 2.00 bits per heavy atom.